The standard InChI is InChI=1S/C31H35NO7/c1-2-3-4-5-6-7-8-9-10-23-37-27-17-11-24(12-18-27)30(33)38-28-19-13-25(14-20-28)31(34)39-29-21-15-26(16-22-29)32(35)36/h11-22H,2-10,23H2,1H3. The average Bonchev–Trinajstić information content (AvgIpc) is 2.95. The van der Waals surface area contributed by atoms with Gasteiger partial charge in [-0.15, -0.1) is 0 Å². The highest BCUT2D eigenvalue weighted by atomic mass is 16.6. The van der Waals surface area contributed by atoms with Crippen LogP contribution in [-0.4, -0.2) is 23.5 Å². The van der Waals surface area contributed by atoms with Crippen LogP contribution in [0, 0.1) is 10.1 Å². The van der Waals surface area contributed by atoms with E-state index in [2.05, 4.69) is 6.92 Å². The summed E-state index contributed by atoms with van der Waals surface area (Å²) in [7, 11) is 0. The number of nitro benzene ring substituents is 1. The van der Waals surface area contributed by atoms with Gasteiger partial charge in [-0.3, -0.25) is 10.1 Å². The molecular weight excluding hydrogens is 498 g/mol. The summed E-state index contributed by atoms with van der Waals surface area (Å²) in [5.74, 6) is 0.00250. The van der Waals surface area contributed by atoms with Gasteiger partial charge in [0.25, 0.3) is 5.69 Å². The zero-order valence-electron chi connectivity index (χ0n) is 22.3. The Morgan fingerprint density at radius 3 is 1.49 bits per heavy atom. The average molecular weight is 534 g/mol. The topological polar surface area (TPSA) is 105 Å². The molecule has 0 heterocycles. The van der Waals surface area contributed by atoms with Crippen LogP contribution in [0.5, 0.6) is 17.2 Å². The molecule has 206 valence electrons. The molecule has 8 heteroatoms. The molecule has 0 saturated carbocycles. The molecule has 0 radical (unpaired) electrons. The van der Waals surface area contributed by atoms with E-state index < -0.39 is 16.9 Å². The molecule has 0 fully saturated rings. The number of unbranched alkanes of at least 4 members (excludes halogenated alkanes) is 8. The van der Waals surface area contributed by atoms with Gasteiger partial charge in [-0.05, 0) is 67.1 Å². The third kappa shape index (κ3) is 10.2. The Morgan fingerprint density at radius 2 is 1.03 bits per heavy atom. The van der Waals surface area contributed by atoms with Gasteiger partial charge in [0, 0.05) is 12.1 Å². The van der Waals surface area contributed by atoms with Gasteiger partial charge in [-0.25, -0.2) is 9.59 Å². The Hall–Kier alpha value is -4.20. The molecule has 0 aliphatic heterocycles. The molecular formula is C31H35NO7. The second kappa shape index (κ2) is 15.9. The quantitative estimate of drug-likeness (QED) is 0.0605. The van der Waals surface area contributed by atoms with Crippen molar-refractivity contribution in [2.24, 2.45) is 0 Å². The van der Waals surface area contributed by atoms with Crippen molar-refractivity contribution in [1.29, 1.82) is 0 Å². The smallest absolute Gasteiger partial charge is 0.343 e. The van der Waals surface area contributed by atoms with Crippen LogP contribution < -0.4 is 14.2 Å². The largest absolute Gasteiger partial charge is 0.494 e. The molecule has 0 N–H and O–H groups in total. The van der Waals surface area contributed by atoms with Crippen LogP contribution in [0.4, 0.5) is 5.69 Å². The van der Waals surface area contributed by atoms with Crippen molar-refractivity contribution in [3.05, 3.63) is 94.0 Å². The maximum Gasteiger partial charge on any atom is 0.343 e. The molecule has 3 aromatic carbocycles. The minimum Gasteiger partial charge on any atom is -0.494 e. The SMILES string of the molecule is CCCCCCCCCCCOc1ccc(C(=O)Oc2ccc(C(=O)Oc3ccc([N+](=O)[O-])cc3)cc2)cc1. The lowest BCUT2D eigenvalue weighted by Crippen LogP contribution is -2.10. The van der Waals surface area contributed by atoms with Crippen LogP contribution in [0.25, 0.3) is 0 Å². The first-order chi connectivity index (χ1) is 19.0. The summed E-state index contributed by atoms with van der Waals surface area (Å²) in [5, 5.41) is 10.7. The first-order valence-electron chi connectivity index (χ1n) is 13.5. The molecule has 0 amide bonds. The van der Waals surface area contributed by atoms with E-state index in [1.165, 1.54) is 93.5 Å². The minimum absolute atomic E-state index is 0.0998. The van der Waals surface area contributed by atoms with Crippen molar-refractivity contribution < 1.29 is 28.7 Å². The van der Waals surface area contributed by atoms with Crippen molar-refractivity contribution >= 4 is 17.6 Å². The van der Waals surface area contributed by atoms with Crippen molar-refractivity contribution in [3.63, 3.8) is 0 Å². The molecule has 0 saturated heterocycles. The summed E-state index contributed by atoms with van der Waals surface area (Å²) in [6.07, 6.45) is 11.3. The fraction of sp³-hybridized carbons (Fsp3) is 0.355. The van der Waals surface area contributed by atoms with E-state index in [1.807, 2.05) is 0 Å². The lowest BCUT2D eigenvalue weighted by Gasteiger charge is -2.08. The van der Waals surface area contributed by atoms with Crippen LogP contribution in [0.1, 0.15) is 85.4 Å². The summed E-state index contributed by atoms with van der Waals surface area (Å²) < 4.78 is 16.4. The fourth-order valence-corrected chi connectivity index (χ4v) is 3.92. The fourth-order valence-electron chi connectivity index (χ4n) is 3.92. The van der Waals surface area contributed by atoms with E-state index in [1.54, 1.807) is 24.3 Å². The van der Waals surface area contributed by atoms with Crippen LogP contribution in [-0.2, 0) is 0 Å². The van der Waals surface area contributed by atoms with Gasteiger partial charge in [-0.2, -0.15) is 0 Å². The van der Waals surface area contributed by atoms with Crippen molar-refractivity contribution in [3.8, 4) is 17.2 Å². The van der Waals surface area contributed by atoms with Crippen LogP contribution in [0.2, 0.25) is 0 Å². The molecule has 0 aromatic heterocycles. The van der Waals surface area contributed by atoms with Crippen LogP contribution in [0.15, 0.2) is 72.8 Å². The molecule has 39 heavy (non-hydrogen) atoms. The Kier molecular flexibility index (Phi) is 12.0. The number of benzene rings is 3. The van der Waals surface area contributed by atoms with Gasteiger partial charge in [0.2, 0.25) is 0 Å². The summed E-state index contributed by atoms with van der Waals surface area (Å²) in [6.45, 7) is 2.89. The molecule has 0 atom stereocenters. The zero-order valence-corrected chi connectivity index (χ0v) is 22.3. The predicted octanol–water partition coefficient (Wildman–Crippen LogP) is 7.94. The van der Waals surface area contributed by atoms with Crippen molar-refractivity contribution in [2.45, 2.75) is 64.7 Å². The number of nitro groups is 1. The first-order valence-corrected chi connectivity index (χ1v) is 13.5. The number of ether oxygens (including phenoxy) is 3. The van der Waals surface area contributed by atoms with Gasteiger partial charge in [-0.1, -0.05) is 58.3 Å². The lowest BCUT2D eigenvalue weighted by atomic mass is 10.1. The monoisotopic (exact) mass is 533 g/mol. The van der Waals surface area contributed by atoms with Crippen molar-refractivity contribution in [2.75, 3.05) is 6.61 Å². The van der Waals surface area contributed by atoms with Gasteiger partial charge in [0.1, 0.15) is 17.2 Å². The zero-order chi connectivity index (χ0) is 27.9. The molecule has 0 spiro atoms. The number of non-ortho nitro benzene ring substituents is 1. The summed E-state index contributed by atoms with van der Waals surface area (Å²) in [5.41, 5.74) is 0.519. The maximum absolute atomic E-state index is 12.5. The van der Waals surface area contributed by atoms with Gasteiger partial charge in [0.15, 0.2) is 0 Å². The Balaban J connectivity index is 1.38. The summed E-state index contributed by atoms with van der Waals surface area (Å²) >= 11 is 0. The van der Waals surface area contributed by atoms with E-state index in [9.17, 15) is 19.7 Å². The van der Waals surface area contributed by atoms with Gasteiger partial charge < -0.3 is 14.2 Å². The third-order valence-corrected chi connectivity index (χ3v) is 6.17. The van der Waals surface area contributed by atoms with E-state index >= 15 is 0 Å². The summed E-state index contributed by atoms with van der Waals surface area (Å²) in [4.78, 5) is 35.0. The summed E-state index contributed by atoms with van der Waals surface area (Å²) in [6, 6.07) is 17.9. The van der Waals surface area contributed by atoms with E-state index in [-0.39, 0.29) is 22.7 Å². The van der Waals surface area contributed by atoms with E-state index in [0.717, 1.165) is 12.8 Å². The molecule has 0 bridgehead atoms. The van der Waals surface area contributed by atoms with Crippen molar-refractivity contribution in [1.82, 2.24) is 0 Å². The Bertz CT molecular complexity index is 1190. The number of rotatable bonds is 16. The molecule has 8 nitrogen and oxygen atoms in total. The first kappa shape index (κ1) is 29.4. The molecule has 0 unspecified atom stereocenters. The third-order valence-electron chi connectivity index (χ3n) is 6.17. The lowest BCUT2D eigenvalue weighted by molar-refractivity contribution is -0.384. The number of esters is 2. The van der Waals surface area contributed by atoms with Gasteiger partial charge >= 0.3 is 11.9 Å². The maximum atomic E-state index is 12.5. The number of hydrogen-bond acceptors (Lipinski definition) is 7. The Labute approximate surface area is 229 Å². The van der Waals surface area contributed by atoms with Crippen LogP contribution >= 0.6 is 0 Å². The highest BCUT2D eigenvalue weighted by Gasteiger charge is 2.13. The Morgan fingerprint density at radius 1 is 0.615 bits per heavy atom. The number of carbonyl (C=O) groups excluding carboxylic acids is 2. The highest BCUT2D eigenvalue weighted by molar-refractivity contribution is 5.92. The molecule has 0 aliphatic rings. The predicted molar refractivity (Wildman–Crippen MR) is 149 cm³/mol. The number of hydrogen-bond donors (Lipinski definition) is 0. The van der Waals surface area contributed by atoms with Gasteiger partial charge in [0.05, 0.1) is 22.7 Å². The van der Waals surface area contributed by atoms with E-state index in [4.69, 9.17) is 14.2 Å². The minimum atomic E-state index is -0.639. The molecule has 3 aromatic rings. The molecule has 0 aliphatic carbocycles. The second-order valence-corrected chi connectivity index (χ2v) is 9.26. The number of carbonyl (C=O) groups is 2. The van der Waals surface area contributed by atoms with Crippen LogP contribution in [0.3, 0.4) is 0 Å². The molecule has 3 rings (SSSR count). The number of nitrogens with zero attached hydrogens (tertiary/aromatic N) is 1. The van der Waals surface area contributed by atoms with E-state index in [0.29, 0.717) is 17.9 Å². The second-order valence-electron chi connectivity index (χ2n) is 9.26. The normalized spacial score (nSPS) is 10.6. The highest BCUT2D eigenvalue weighted by Crippen LogP contribution is 2.21.